The van der Waals surface area contributed by atoms with Crippen molar-refractivity contribution in [2.24, 2.45) is 29.1 Å². The largest absolute Gasteiger partial charge is 0.455 e. The molecule has 3 heterocycles. The Bertz CT molecular complexity index is 3290. The molecular formula is C53H43N3O. The van der Waals surface area contributed by atoms with Crippen LogP contribution in [0.15, 0.2) is 59.0 Å². The number of fused-ring (bicyclic) bond motifs is 16. The van der Waals surface area contributed by atoms with Gasteiger partial charge in [0.2, 0.25) is 0 Å². The van der Waals surface area contributed by atoms with E-state index >= 15 is 0 Å². The molecule has 8 aromatic rings. The standard InChI is InChI=1S/C53H43N3O/c1-24-6-5-7-25(2)40(24)50-49-46-37(17-32(22-54)41-28-11-26-10-27(12-28)14-29(13-26)43(41)46)56-38-18-33(23-55)42-30-15-34-19-35-16-31(21-53(34,35)20-30)44(42)47(38)48(51(49)56)45-36-8-3-4-9-39(36)57-52(45)50/h3-9,17-18,26-31,34-35H,10-16,19-21H2,1-2H3. The maximum Gasteiger partial charge on any atom is 0.144 e. The molecule has 0 N–H and O–H groups in total. The summed E-state index contributed by atoms with van der Waals surface area (Å²) in [5.74, 6) is 4.97. The smallest absolute Gasteiger partial charge is 0.144 e. The fourth-order valence-electron chi connectivity index (χ4n) is 16.6. The Kier molecular flexibility index (Phi) is 5.32. The van der Waals surface area contributed by atoms with Crippen molar-refractivity contribution in [3.05, 3.63) is 99.1 Å². The molecule has 4 nitrogen and oxygen atoms in total. The molecule has 4 heteroatoms. The van der Waals surface area contributed by atoms with Gasteiger partial charge in [0, 0.05) is 37.9 Å². The van der Waals surface area contributed by atoms with Crippen LogP contribution in [-0.4, -0.2) is 4.40 Å². The third-order valence-corrected chi connectivity index (χ3v) is 18.1. The third kappa shape index (κ3) is 3.34. The molecule has 8 aliphatic rings. The zero-order valence-corrected chi connectivity index (χ0v) is 32.6. The lowest BCUT2D eigenvalue weighted by Crippen LogP contribution is -2.41. The second-order valence-corrected chi connectivity index (χ2v) is 20.3. The molecule has 5 fully saturated rings. The van der Waals surface area contributed by atoms with E-state index in [0.717, 1.165) is 51.5 Å². The van der Waals surface area contributed by atoms with Crippen LogP contribution in [0.1, 0.15) is 132 Å². The lowest BCUT2D eigenvalue weighted by Gasteiger charge is -2.48. The first-order valence-electron chi connectivity index (χ1n) is 22.0. The quantitative estimate of drug-likeness (QED) is 0.168. The van der Waals surface area contributed by atoms with E-state index in [-0.39, 0.29) is 0 Å². The minimum Gasteiger partial charge on any atom is -0.455 e. The normalized spacial score (nSPS) is 31.4. The number of nitrogens with zero attached hydrogens (tertiary/aromatic N) is 3. The minimum absolute atomic E-state index is 0.444. The van der Waals surface area contributed by atoms with Gasteiger partial charge in [-0.25, -0.2) is 0 Å². The lowest BCUT2D eigenvalue weighted by atomic mass is 9.56. The molecule has 0 radical (unpaired) electrons. The number of rotatable bonds is 1. The van der Waals surface area contributed by atoms with Gasteiger partial charge >= 0.3 is 0 Å². The molecule has 276 valence electrons. The summed E-state index contributed by atoms with van der Waals surface area (Å²) in [5, 5.41) is 30.1. The molecule has 3 aromatic heterocycles. The first-order valence-corrected chi connectivity index (χ1v) is 22.0. The molecule has 1 spiro atoms. The monoisotopic (exact) mass is 737 g/mol. The number of benzene rings is 5. The Morgan fingerprint density at radius 3 is 1.88 bits per heavy atom. The van der Waals surface area contributed by atoms with Gasteiger partial charge in [-0.3, -0.25) is 0 Å². The van der Waals surface area contributed by atoms with Crippen molar-refractivity contribution >= 4 is 60.0 Å². The van der Waals surface area contributed by atoms with Crippen LogP contribution in [0.5, 0.6) is 0 Å². The van der Waals surface area contributed by atoms with Crippen molar-refractivity contribution < 1.29 is 4.42 Å². The van der Waals surface area contributed by atoms with E-state index < -0.39 is 0 Å². The maximum absolute atomic E-state index is 11.2. The summed E-state index contributed by atoms with van der Waals surface area (Å²) in [7, 11) is 0. The summed E-state index contributed by atoms with van der Waals surface area (Å²) in [6.07, 6.45) is 12.7. The van der Waals surface area contributed by atoms with Crippen LogP contribution in [-0.2, 0) is 0 Å². The van der Waals surface area contributed by atoms with E-state index in [1.807, 2.05) is 0 Å². The Labute approximate surface area is 331 Å². The van der Waals surface area contributed by atoms with Crippen molar-refractivity contribution in [3.8, 4) is 23.3 Å². The summed E-state index contributed by atoms with van der Waals surface area (Å²) in [6.45, 7) is 4.54. The Morgan fingerprint density at radius 1 is 0.596 bits per heavy atom. The first kappa shape index (κ1) is 30.8. The minimum atomic E-state index is 0.444. The number of aromatic nitrogens is 1. The molecule has 7 bridgehead atoms. The molecule has 7 atom stereocenters. The topological polar surface area (TPSA) is 65.1 Å². The number of hydrogen-bond acceptors (Lipinski definition) is 3. The van der Waals surface area contributed by atoms with E-state index in [4.69, 9.17) is 4.42 Å². The molecule has 0 amide bonds. The van der Waals surface area contributed by atoms with Crippen LogP contribution in [0.4, 0.5) is 0 Å². The van der Waals surface area contributed by atoms with Crippen molar-refractivity contribution in [2.45, 2.75) is 102 Å². The summed E-state index contributed by atoms with van der Waals surface area (Å²) in [6, 6.07) is 25.7. The van der Waals surface area contributed by atoms with Crippen molar-refractivity contribution in [1.82, 2.24) is 4.40 Å². The zero-order chi connectivity index (χ0) is 37.4. The Balaban J connectivity index is 1.25. The van der Waals surface area contributed by atoms with Crippen molar-refractivity contribution in [3.63, 3.8) is 0 Å². The van der Waals surface area contributed by atoms with Gasteiger partial charge in [0.05, 0.1) is 39.8 Å². The number of furan rings is 1. The van der Waals surface area contributed by atoms with Crippen LogP contribution in [0.2, 0.25) is 0 Å². The molecule has 16 rings (SSSR count). The Morgan fingerprint density at radius 2 is 1.19 bits per heavy atom. The first-order chi connectivity index (χ1) is 27.9. The number of hydrogen-bond donors (Lipinski definition) is 0. The van der Waals surface area contributed by atoms with Gasteiger partial charge in [0.1, 0.15) is 11.2 Å². The van der Waals surface area contributed by atoms with Crippen molar-refractivity contribution in [2.75, 3.05) is 0 Å². The number of para-hydroxylation sites is 1. The maximum atomic E-state index is 11.2. The molecular weight excluding hydrogens is 695 g/mol. The molecule has 0 aliphatic heterocycles. The van der Waals surface area contributed by atoms with Crippen LogP contribution >= 0.6 is 0 Å². The molecule has 5 aromatic carbocycles. The molecule has 8 aliphatic carbocycles. The van der Waals surface area contributed by atoms with Crippen LogP contribution in [0.3, 0.4) is 0 Å². The second-order valence-electron chi connectivity index (χ2n) is 20.3. The van der Waals surface area contributed by atoms with Crippen LogP contribution < -0.4 is 0 Å². The van der Waals surface area contributed by atoms with Gasteiger partial charge in [0.15, 0.2) is 0 Å². The van der Waals surface area contributed by atoms with Gasteiger partial charge in [-0.15, -0.1) is 0 Å². The number of aryl methyl sites for hydroxylation is 2. The molecule has 7 unspecified atom stereocenters. The zero-order valence-electron chi connectivity index (χ0n) is 32.6. The van der Waals surface area contributed by atoms with E-state index in [2.05, 4.69) is 85.0 Å². The average molecular weight is 738 g/mol. The van der Waals surface area contributed by atoms with Gasteiger partial charge in [0.25, 0.3) is 0 Å². The van der Waals surface area contributed by atoms with Gasteiger partial charge < -0.3 is 8.82 Å². The summed E-state index contributed by atoms with van der Waals surface area (Å²) < 4.78 is 9.90. The third-order valence-electron chi connectivity index (χ3n) is 18.1. The lowest BCUT2D eigenvalue weighted by molar-refractivity contribution is 0.00322. The van der Waals surface area contributed by atoms with E-state index in [1.165, 1.54) is 152 Å². The van der Waals surface area contributed by atoms with Crippen LogP contribution in [0.25, 0.3) is 71.2 Å². The van der Waals surface area contributed by atoms with Gasteiger partial charge in [-0.1, -0.05) is 36.4 Å². The van der Waals surface area contributed by atoms with Gasteiger partial charge in [-0.2, -0.15) is 10.5 Å². The second kappa shape index (κ2) is 9.85. The fourth-order valence-corrected chi connectivity index (χ4v) is 16.6. The average Bonchev–Trinajstić information content (AvgIpc) is 3.95. The highest BCUT2D eigenvalue weighted by Crippen LogP contribution is 2.77. The molecule has 0 saturated heterocycles. The van der Waals surface area contributed by atoms with E-state index in [0.29, 0.717) is 29.1 Å². The van der Waals surface area contributed by atoms with E-state index in [1.54, 1.807) is 0 Å². The van der Waals surface area contributed by atoms with Gasteiger partial charge in [-0.05, 0) is 188 Å². The highest BCUT2D eigenvalue weighted by atomic mass is 16.3. The highest BCUT2D eigenvalue weighted by molar-refractivity contribution is 6.40. The molecule has 57 heavy (non-hydrogen) atoms. The highest BCUT2D eigenvalue weighted by Gasteiger charge is 2.66. The predicted molar refractivity (Wildman–Crippen MR) is 226 cm³/mol. The number of nitriles is 2. The summed E-state index contributed by atoms with van der Waals surface area (Å²) in [4.78, 5) is 0. The fraction of sp³-hybridized carbons (Fsp3) is 0.396. The Hall–Kier alpha value is -5.32. The van der Waals surface area contributed by atoms with Crippen LogP contribution in [0, 0.1) is 65.6 Å². The van der Waals surface area contributed by atoms with E-state index in [9.17, 15) is 10.5 Å². The summed E-state index contributed by atoms with van der Waals surface area (Å²) >= 11 is 0. The predicted octanol–water partition coefficient (Wildman–Crippen LogP) is 13.5. The molecule has 5 saturated carbocycles. The SMILES string of the molecule is Cc1cccc(C)c1-c1c2oc3ccccc3c2c2c3c4c(c(C#N)cc3n3c5cc(C#N)c6c(c5c1c23)C1CC2CC(CC6C2)C1)C1CC2CC3CC4CC23C1. The summed E-state index contributed by atoms with van der Waals surface area (Å²) in [5.41, 5.74) is 18.5. The van der Waals surface area contributed by atoms with Crippen molar-refractivity contribution in [1.29, 1.82) is 10.5 Å².